The van der Waals surface area contributed by atoms with E-state index in [1.54, 1.807) is 18.3 Å². The smallest absolute Gasteiger partial charge is 0.276 e. The fraction of sp³-hybridized carbons (Fsp3) is 0.222. The normalized spacial score (nSPS) is 12.5. The summed E-state index contributed by atoms with van der Waals surface area (Å²) in [7, 11) is -3.75. The summed E-state index contributed by atoms with van der Waals surface area (Å²) < 4.78 is 27.5. The average Bonchev–Trinajstić information content (AvgIpc) is 3.12. The summed E-state index contributed by atoms with van der Waals surface area (Å²) in [4.78, 5) is 2.53. The third kappa shape index (κ3) is 5.17. The second kappa shape index (κ2) is 8.87. The monoisotopic (exact) mass is 459 g/mol. The highest BCUT2D eigenvalue weighted by molar-refractivity contribution is 7.89. The largest absolute Gasteiger partial charge is 0.342 e. The van der Waals surface area contributed by atoms with Crippen LogP contribution in [0.3, 0.4) is 0 Å². The van der Waals surface area contributed by atoms with E-state index in [1.165, 1.54) is 11.1 Å². The molecular formula is C27H29N3O2S. The highest BCUT2D eigenvalue weighted by Gasteiger charge is 2.17. The third-order valence-corrected chi connectivity index (χ3v) is 6.94. The van der Waals surface area contributed by atoms with Crippen molar-refractivity contribution in [3.63, 3.8) is 0 Å². The molecule has 0 amide bonds. The Hall–Kier alpha value is -3.38. The lowest BCUT2D eigenvalue weighted by molar-refractivity contribution is 0.580. The molecule has 170 valence electrons. The molecule has 0 aliphatic heterocycles. The molecular weight excluding hydrogens is 430 g/mol. The molecule has 6 heteroatoms. The van der Waals surface area contributed by atoms with Crippen LogP contribution in [0.15, 0.2) is 89.0 Å². The zero-order chi connectivity index (χ0) is 23.6. The molecule has 3 aromatic carbocycles. The minimum absolute atomic E-state index is 0.0410. The van der Waals surface area contributed by atoms with Gasteiger partial charge in [-0.25, -0.2) is 4.83 Å². The predicted octanol–water partition coefficient (Wildman–Crippen LogP) is 5.61. The molecule has 0 spiro atoms. The molecule has 0 atom stereocenters. The first-order valence-corrected chi connectivity index (χ1v) is 12.4. The number of aromatic nitrogens is 1. The highest BCUT2D eigenvalue weighted by atomic mass is 32.2. The second-order valence-electron chi connectivity index (χ2n) is 9.34. The zero-order valence-electron chi connectivity index (χ0n) is 19.4. The van der Waals surface area contributed by atoms with Crippen LogP contribution in [-0.4, -0.2) is 19.2 Å². The average molecular weight is 460 g/mol. The fourth-order valence-electron chi connectivity index (χ4n) is 3.75. The van der Waals surface area contributed by atoms with Crippen LogP contribution in [0, 0.1) is 6.92 Å². The van der Waals surface area contributed by atoms with E-state index >= 15 is 0 Å². The van der Waals surface area contributed by atoms with Gasteiger partial charge in [0.2, 0.25) is 0 Å². The van der Waals surface area contributed by atoms with Crippen molar-refractivity contribution in [1.82, 2.24) is 9.40 Å². The Bertz CT molecular complexity index is 1390. The van der Waals surface area contributed by atoms with Gasteiger partial charge in [-0.1, -0.05) is 80.9 Å². The number of rotatable bonds is 6. The van der Waals surface area contributed by atoms with Crippen LogP contribution >= 0.6 is 0 Å². The van der Waals surface area contributed by atoms with Crippen molar-refractivity contribution in [2.45, 2.75) is 44.6 Å². The summed E-state index contributed by atoms with van der Waals surface area (Å²) in [6.45, 7) is 9.07. The molecule has 1 heterocycles. The van der Waals surface area contributed by atoms with E-state index in [-0.39, 0.29) is 10.3 Å². The third-order valence-electron chi connectivity index (χ3n) is 5.70. The van der Waals surface area contributed by atoms with Crippen LogP contribution in [-0.2, 0) is 22.0 Å². The van der Waals surface area contributed by atoms with Gasteiger partial charge in [0.05, 0.1) is 11.1 Å². The first kappa shape index (κ1) is 22.8. The van der Waals surface area contributed by atoms with Crippen molar-refractivity contribution in [2.24, 2.45) is 5.10 Å². The molecule has 0 aliphatic carbocycles. The number of nitrogens with one attached hydrogen (secondary N) is 1. The Balaban J connectivity index is 1.56. The summed E-state index contributed by atoms with van der Waals surface area (Å²) in [6.07, 6.45) is 3.56. The fourth-order valence-corrected chi connectivity index (χ4v) is 4.54. The number of fused-ring (bicyclic) bond motifs is 1. The lowest BCUT2D eigenvalue weighted by Crippen LogP contribution is -2.19. The molecule has 1 N–H and O–H groups in total. The van der Waals surface area contributed by atoms with Crippen molar-refractivity contribution in [3.05, 3.63) is 101 Å². The van der Waals surface area contributed by atoms with Crippen molar-refractivity contribution >= 4 is 27.1 Å². The minimum atomic E-state index is -3.75. The summed E-state index contributed by atoms with van der Waals surface area (Å²) in [6, 6.07) is 23.4. The predicted molar refractivity (Wildman–Crippen MR) is 135 cm³/mol. The van der Waals surface area contributed by atoms with Gasteiger partial charge in [-0.05, 0) is 41.7 Å². The van der Waals surface area contributed by atoms with E-state index in [4.69, 9.17) is 0 Å². The Kier molecular flexibility index (Phi) is 6.13. The van der Waals surface area contributed by atoms with Gasteiger partial charge in [0.1, 0.15) is 0 Å². The summed E-state index contributed by atoms with van der Waals surface area (Å²) in [5.41, 5.74) is 5.38. The van der Waals surface area contributed by atoms with Crippen LogP contribution < -0.4 is 4.83 Å². The number of hydrogen-bond acceptors (Lipinski definition) is 3. The molecule has 0 aliphatic rings. The molecule has 0 bridgehead atoms. The molecule has 0 unspecified atom stereocenters. The van der Waals surface area contributed by atoms with Gasteiger partial charge in [0.15, 0.2) is 0 Å². The van der Waals surface area contributed by atoms with Crippen molar-refractivity contribution in [2.75, 3.05) is 0 Å². The number of hydrazone groups is 1. The lowest BCUT2D eigenvalue weighted by atomic mass is 9.87. The highest BCUT2D eigenvalue weighted by Crippen LogP contribution is 2.24. The SMILES string of the molecule is Cc1ccc(Cn2cc(C=NNS(=O)(=O)c3ccc(C(C)(C)C)cc3)c3ccccc32)cc1. The van der Waals surface area contributed by atoms with Gasteiger partial charge in [-0.15, -0.1) is 0 Å². The first-order chi connectivity index (χ1) is 15.6. The lowest BCUT2D eigenvalue weighted by Gasteiger charge is -2.19. The topological polar surface area (TPSA) is 63.5 Å². The number of sulfonamides is 1. The van der Waals surface area contributed by atoms with E-state index in [1.807, 2.05) is 36.5 Å². The standard InChI is InChI=1S/C27H29N3O2S/c1-20-9-11-21(12-10-20)18-30-19-22(25-7-5-6-8-26(25)30)17-28-29-33(31,32)24-15-13-23(14-16-24)27(2,3)4/h5-17,19,29H,18H2,1-4H3. The molecule has 0 fully saturated rings. The minimum Gasteiger partial charge on any atom is -0.342 e. The molecule has 4 aromatic rings. The Morgan fingerprint density at radius 2 is 1.61 bits per heavy atom. The van der Waals surface area contributed by atoms with Gasteiger partial charge in [-0.2, -0.15) is 13.5 Å². The van der Waals surface area contributed by atoms with Crippen molar-refractivity contribution < 1.29 is 8.42 Å². The molecule has 33 heavy (non-hydrogen) atoms. The Morgan fingerprint density at radius 3 is 2.27 bits per heavy atom. The van der Waals surface area contributed by atoms with E-state index in [0.717, 1.165) is 28.6 Å². The Morgan fingerprint density at radius 1 is 0.939 bits per heavy atom. The number of aryl methyl sites for hydroxylation is 1. The van der Waals surface area contributed by atoms with Crippen LogP contribution in [0.1, 0.15) is 43.0 Å². The van der Waals surface area contributed by atoms with E-state index < -0.39 is 10.0 Å². The maximum absolute atomic E-state index is 12.7. The Labute approximate surface area is 195 Å². The van der Waals surface area contributed by atoms with Gasteiger partial charge in [0.25, 0.3) is 10.0 Å². The van der Waals surface area contributed by atoms with Gasteiger partial charge in [0, 0.05) is 29.2 Å². The maximum Gasteiger partial charge on any atom is 0.276 e. The van der Waals surface area contributed by atoms with Crippen LogP contribution in [0.4, 0.5) is 0 Å². The zero-order valence-corrected chi connectivity index (χ0v) is 20.2. The number of para-hydroxylation sites is 1. The number of benzene rings is 3. The molecule has 0 radical (unpaired) electrons. The summed E-state index contributed by atoms with van der Waals surface area (Å²) in [5.74, 6) is 0. The van der Waals surface area contributed by atoms with Crippen LogP contribution in [0.25, 0.3) is 10.9 Å². The second-order valence-corrected chi connectivity index (χ2v) is 11.0. The van der Waals surface area contributed by atoms with Gasteiger partial charge in [-0.3, -0.25) is 0 Å². The number of hydrogen-bond donors (Lipinski definition) is 1. The first-order valence-electron chi connectivity index (χ1n) is 10.9. The van der Waals surface area contributed by atoms with Crippen molar-refractivity contribution in [1.29, 1.82) is 0 Å². The van der Waals surface area contributed by atoms with Crippen LogP contribution in [0.5, 0.6) is 0 Å². The van der Waals surface area contributed by atoms with Crippen LogP contribution in [0.2, 0.25) is 0 Å². The molecule has 0 saturated carbocycles. The quantitative estimate of drug-likeness (QED) is 0.301. The van der Waals surface area contributed by atoms with Gasteiger partial charge >= 0.3 is 0 Å². The summed E-state index contributed by atoms with van der Waals surface area (Å²) >= 11 is 0. The summed E-state index contributed by atoms with van der Waals surface area (Å²) in [5, 5.41) is 5.08. The van der Waals surface area contributed by atoms with E-state index in [2.05, 4.69) is 72.5 Å². The van der Waals surface area contributed by atoms with Gasteiger partial charge < -0.3 is 4.57 Å². The number of nitrogens with zero attached hydrogens (tertiary/aromatic N) is 2. The maximum atomic E-state index is 12.7. The van der Waals surface area contributed by atoms with E-state index in [0.29, 0.717) is 0 Å². The molecule has 4 rings (SSSR count). The van der Waals surface area contributed by atoms with Crippen molar-refractivity contribution in [3.8, 4) is 0 Å². The molecule has 5 nitrogen and oxygen atoms in total. The van der Waals surface area contributed by atoms with E-state index in [9.17, 15) is 8.42 Å². The molecule has 0 saturated heterocycles. The molecule has 1 aromatic heterocycles.